The molecule has 2 rings (SSSR count). The highest BCUT2D eigenvalue weighted by molar-refractivity contribution is 5.44. The van der Waals surface area contributed by atoms with Crippen molar-refractivity contribution in [1.29, 1.82) is 0 Å². The molecule has 0 fully saturated rings. The third-order valence-electron chi connectivity index (χ3n) is 3.44. The molecular weight excluding hydrogens is 256 g/mol. The molecule has 0 saturated heterocycles. The Labute approximate surface area is 117 Å². The number of nitro benzene ring substituents is 1. The molecule has 0 aliphatic rings. The lowest BCUT2D eigenvalue weighted by atomic mass is 10.1. The maximum atomic E-state index is 10.9. The number of nitrogens with one attached hydrogen (secondary N) is 1. The van der Waals surface area contributed by atoms with E-state index in [1.165, 1.54) is 6.07 Å². The first kappa shape index (κ1) is 14.2. The molecule has 0 saturated carbocycles. The predicted molar refractivity (Wildman–Crippen MR) is 76.3 cm³/mol. The minimum absolute atomic E-state index is 0.141. The first-order chi connectivity index (χ1) is 9.49. The van der Waals surface area contributed by atoms with Crippen molar-refractivity contribution in [3.8, 4) is 0 Å². The van der Waals surface area contributed by atoms with Crippen LogP contribution in [0.3, 0.4) is 0 Å². The van der Waals surface area contributed by atoms with Crippen LogP contribution in [-0.4, -0.2) is 14.7 Å². The maximum absolute atomic E-state index is 10.9. The summed E-state index contributed by atoms with van der Waals surface area (Å²) >= 11 is 0. The van der Waals surface area contributed by atoms with Crippen molar-refractivity contribution in [3.05, 3.63) is 57.4 Å². The maximum Gasteiger partial charge on any atom is 0.272 e. The van der Waals surface area contributed by atoms with Crippen LogP contribution in [0.15, 0.2) is 30.6 Å². The average molecular weight is 274 g/mol. The molecule has 1 N–H and O–H groups in total. The van der Waals surface area contributed by atoms with Gasteiger partial charge in [-0.25, -0.2) is 0 Å². The van der Waals surface area contributed by atoms with Gasteiger partial charge in [-0.1, -0.05) is 12.1 Å². The zero-order valence-electron chi connectivity index (χ0n) is 11.8. The van der Waals surface area contributed by atoms with Crippen LogP contribution in [0.4, 0.5) is 5.69 Å². The smallest absolute Gasteiger partial charge is 0.272 e. The Morgan fingerprint density at radius 1 is 1.50 bits per heavy atom. The van der Waals surface area contributed by atoms with Crippen LogP contribution in [0, 0.1) is 17.0 Å². The van der Waals surface area contributed by atoms with E-state index in [9.17, 15) is 10.1 Å². The average Bonchev–Trinajstić information content (AvgIpc) is 2.83. The lowest BCUT2D eigenvalue weighted by molar-refractivity contribution is -0.385. The normalized spacial score (nSPS) is 12.3. The van der Waals surface area contributed by atoms with E-state index in [0.717, 1.165) is 11.1 Å². The van der Waals surface area contributed by atoms with Crippen molar-refractivity contribution in [2.75, 3.05) is 0 Å². The molecule has 6 nitrogen and oxygen atoms in total. The summed E-state index contributed by atoms with van der Waals surface area (Å²) in [6, 6.07) is 5.30. The number of nitro groups is 1. The summed E-state index contributed by atoms with van der Waals surface area (Å²) in [4.78, 5) is 10.6. The van der Waals surface area contributed by atoms with E-state index in [1.54, 1.807) is 17.7 Å². The van der Waals surface area contributed by atoms with Crippen molar-refractivity contribution in [3.63, 3.8) is 0 Å². The summed E-state index contributed by atoms with van der Waals surface area (Å²) in [5.74, 6) is 0. The SMILES string of the molecule is Cc1c(CNC(C)c2cnn(C)c2)cccc1[N+](=O)[O-]. The third kappa shape index (κ3) is 3.03. The summed E-state index contributed by atoms with van der Waals surface area (Å²) in [5.41, 5.74) is 2.91. The molecule has 1 heterocycles. The molecule has 0 aliphatic heterocycles. The van der Waals surface area contributed by atoms with Crippen LogP contribution in [0.1, 0.15) is 29.7 Å². The van der Waals surface area contributed by atoms with Gasteiger partial charge in [0.1, 0.15) is 0 Å². The molecule has 0 aliphatic carbocycles. The van der Waals surface area contributed by atoms with Crippen LogP contribution in [-0.2, 0) is 13.6 Å². The monoisotopic (exact) mass is 274 g/mol. The molecule has 1 aromatic carbocycles. The molecule has 106 valence electrons. The number of hydrogen-bond donors (Lipinski definition) is 1. The lowest BCUT2D eigenvalue weighted by Gasteiger charge is -2.13. The molecule has 1 unspecified atom stereocenters. The number of hydrogen-bond acceptors (Lipinski definition) is 4. The molecule has 20 heavy (non-hydrogen) atoms. The third-order valence-corrected chi connectivity index (χ3v) is 3.44. The molecule has 1 atom stereocenters. The quantitative estimate of drug-likeness (QED) is 0.671. The fourth-order valence-electron chi connectivity index (χ4n) is 2.10. The van der Waals surface area contributed by atoms with E-state index < -0.39 is 0 Å². The van der Waals surface area contributed by atoms with Crippen molar-refractivity contribution in [2.24, 2.45) is 7.05 Å². The summed E-state index contributed by atoms with van der Waals surface area (Å²) in [6.07, 6.45) is 3.77. The summed E-state index contributed by atoms with van der Waals surface area (Å²) in [6.45, 7) is 4.41. The van der Waals surface area contributed by atoms with Gasteiger partial charge < -0.3 is 5.32 Å². The first-order valence-electron chi connectivity index (χ1n) is 6.44. The van der Waals surface area contributed by atoms with E-state index in [2.05, 4.69) is 10.4 Å². The minimum atomic E-state index is -0.344. The number of aromatic nitrogens is 2. The van der Waals surface area contributed by atoms with Crippen molar-refractivity contribution >= 4 is 5.69 Å². The Morgan fingerprint density at radius 2 is 2.25 bits per heavy atom. The predicted octanol–water partition coefficient (Wildman–Crippen LogP) is 2.49. The molecular formula is C14H18N4O2. The number of nitrogens with zero attached hydrogens (tertiary/aromatic N) is 3. The van der Waals surface area contributed by atoms with Crippen molar-refractivity contribution < 1.29 is 4.92 Å². The molecule has 2 aromatic rings. The Balaban J connectivity index is 2.08. The Bertz CT molecular complexity index is 621. The number of aryl methyl sites for hydroxylation is 1. The Morgan fingerprint density at radius 3 is 2.85 bits per heavy atom. The summed E-state index contributed by atoms with van der Waals surface area (Å²) in [5, 5.41) is 18.4. The highest BCUT2D eigenvalue weighted by Gasteiger charge is 2.14. The van der Waals surface area contributed by atoms with E-state index in [1.807, 2.05) is 32.4 Å². The highest BCUT2D eigenvalue weighted by Crippen LogP contribution is 2.21. The Hall–Kier alpha value is -2.21. The standard InChI is InChI=1S/C14H18N4O2/c1-10-12(5-4-6-14(10)18(19)20)7-15-11(2)13-8-16-17(3)9-13/h4-6,8-9,11,15H,7H2,1-3H3. The molecule has 0 amide bonds. The van der Waals surface area contributed by atoms with Crippen LogP contribution in [0.5, 0.6) is 0 Å². The summed E-state index contributed by atoms with van der Waals surface area (Å²) < 4.78 is 1.76. The van der Waals surface area contributed by atoms with Gasteiger partial charge in [0.25, 0.3) is 5.69 Å². The van der Waals surface area contributed by atoms with Crippen LogP contribution in [0.2, 0.25) is 0 Å². The minimum Gasteiger partial charge on any atom is -0.306 e. The molecule has 0 spiro atoms. The van der Waals surface area contributed by atoms with Gasteiger partial charge in [-0.05, 0) is 19.4 Å². The van der Waals surface area contributed by atoms with Crippen molar-refractivity contribution in [1.82, 2.24) is 15.1 Å². The first-order valence-corrected chi connectivity index (χ1v) is 6.44. The van der Waals surface area contributed by atoms with Gasteiger partial charge in [0.05, 0.1) is 11.1 Å². The van der Waals surface area contributed by atoms with E-state index >= 15 is 0 Å². The highest BCUT2D eigenvalue weighted by atomic mass is 16.6. The number of rotatable bonds is 5. The summed E-state index contributed by atoms with van der Waals surface area (Å²) in [7, 11) is 1.88. The topological polar surface area (TPSA) is 73.0 Å². The van der Waals surface area contributed by atoms with E-state index in [-0.39, 0.29) is 16.7 Å². The zero-order chi connectivity index (χ0) is 14.7. The van der Waals surface area contributed by atoms with E-state index in [4.69, 9.17) is 0 Å². The van der Waals surface area contributed by atoms with Gasteiger partial charge in [0.15, 0.2) is 0 Å². The second kappa shape index (κ2) is 5.83. The molecule has 0 radical (unpaired) electrons. The number of benzene rings is 1. The zero-order valence-corrected chi connectivity index (χ0v) is 11.8. The second-order valence-corrected chi connectivity index (χ2v) is 4.87. The second-order valence-electron chi connectivity index (χ2n) is 4.87. The van der Waals surface area contributed by atoms with Gasteiger partial charge in [-0.2, -0.15) is 5.10 Å². The van der Waals surface area contributed by atoms with Gasteiger partial charge >= 0.3 is 0 Å². The van der Waals surface area contributed by atoms with Crippen LogP contribution in [0.25, 0.3) is 0 Å². The fourth-order valence-corrected chi connectivity index (χ4v) is 2.10. The lowest BCUT2D eigenvalue weighted by Crippen LogP contribution is -2.18. The molecule has 1 aromatic heterocycles. The van der Waals surface area contributed by atoms with Gasteiger partial charge in [0, 0.05) is 43.0 Å². The Kier molecular flexibility index (Phi) is 4.14. The van der Waals surface area contributed by atoms with E-state index in [0.29, 0.717) is 12.1 Å². The fraction of sp³-hybridized carbons (Fsp3) is 0.357. The molecule has 0 bridgehead atoms. The van der Waals surface area contributed by atoms with Gasteiger partial charge in [0.2, 0.25) is 0 Å². The van der Waals surface area contributed by atoms with Crippen molar-refractivity contribution in [2.45, 2.75) is 26.4 Å². The molecule has 6 heteroatoms. The van der Waals surface area contributed by atoms with Crippen LogP contribution >= 0.6 is 0 Å². The van der Waals surface area contributed by atoms with Gasteiger partial charge in [-0.3, -0.25) is 14.8 Å². The van der Waals surface area contributed by atoms with Gasteiger partial charge in [-0.15, -0.1) is 0 Å². The van der Waals surface area contributed by atoms with Crippen LogP contribution < -0.4 is 5.32 Å². The largest absolute Gasteiger partial charge is 0.306 e.